The number of fused-ring (bicyclic) bond motifs is 2. The topological polar surface area (TPSA) is 75.7 Å². The van der Waals surface area contributed by atoms with Crippen molar-refractivity contribution < 1.29 is 23.5 Å². The Morgan fingerprint density at radius 3 is 2.82 bits per heavy atom. The number of halogens is 1. The average Bonchev–Trinajstić information content (AvgIpc) is 3.10. The number of carbonyl (C=O) groups is 3. The molecule has 2 amide bonds. The molecule has 0 saturated carbocycles. The zero-order valence-electron chi connectivity index (χ0n) is 14.8. The third-order valence-electron chi connectivity index (χ3n) is 4.35. The molecule has 6 nitrogen and oxygen atoms in total. The maximum atomic E-state index is 13.3. The number of ether oxygens (including phenoxy) is 1. The summed E-state index contributed by atoms with van der Waals surface area (Å²) in [7, 11) is 0. The maximum Gasteiger partial charge on any atom is 0.349 e. The molecule has 2 aromatic carbocycles. The number of esters is 1. The number of rotatable bonds is 3. The highest BCUT2D eigenvalue weighted by atomic mass is 32.1. The third kappa shape index (κ3) is 3.34. The Kier molecular flexibility index (Phi) is 4.56. The minimum atomic E-state index is -1.09. The molecule has 1 aromatic heterocycles. The highest BCUT2D eigenvalue weighted by Crippen LogP contribution is 2.30. The molecule has 4 rings (SSSR count). The number of benzene rings is 2. The SMILES string of the molecule is C[C@H](OC(=O)c1cc2cc(F)ccc2s1)C(=O)N1CC(=O)Nc2ccccc21. The van der Waals surface area contributed by atoms with Gasteiger partial charge in [-0.2, -0.15) is 0 Å². The molecule has 142 valence electrons. The smallest absolute Gasteiger partial charge is 0.349 e. The molecule has 1 atom stereocenters. The number of para-hydroxylation sites is 2. The Bertz CT molecular complexity index is 1110. The Hall–Kier alpha value is -3.26. The van der Waals surface area contributed by atoms with Gasteiger partial charge in [-0.05, 0) is 48.7 Å². The molecule has 1 aliphatic heterocycles. The van der Waals surface area contributed by atoms with E-state index in [1.54, 1.807) is 30.3 Å². The van der Waals surface area contributed by atoms with Crippen molar-refractivity contribution in [3.8, 4) is 0 Å². The summed E-state index contributed by atoms with van der Waals surface area (Å²) in [5, 5.41) is 3.30. The number of anilines is 2. The summed E-state index contributed by atoms with van der Waals surface area (Å²) < 4.78 is 19.4. The highest BCUT2D eigenvalue weighted by Gasteiger charge is 2.31. The molecular formula is C20H15FN2O4S. The molecule has 0 spiro atoms. The molecule has 0 saturated heterocycles. The Morgan fingerprint density at radius 1 is 1.21 bits per heavy atom. The molecule has 2 heterocycles. The lowest BCUT2D eigenvalue weighted by molar-refractivity contribution is -0.128. The van der Waals surface area contributed by atoms with Crippen LogP contribution in [-0.2, 0) is 14.3 Å². The highest BCUT2D eigenvalue weighted by molar-refractivity contribution is 7.20. The van der Waals surface area contributed by atoms with Crippen molar-refractivity contribution in [2.45, 2.75) is 13.0 Å². The lowest BCUT2D eigenvalue weighted by Gasteiger charge is -2.30. The van der Waals surface area contributed by atoms with Gasteiger partial charge in [-0.15, -0.1) is 11.3 Å². The lowest BCUT2D eigenvalue weighted by Crippen LogP contribution is -2.47. The van der Waals surface area contributed by atoms with Gasteiger partial charge in [0.25, 0.3) is 5.91 Å². The van der Waals surface area contributed by atoms with Crippen molar-refractivity contribution in [3.63, 3.8) is 0 Å². The lowest BCUT2D eigenvalue weighted by atomic mass is 10.1. The van der Waals surface area contributed by atoms with Gasteiger partial charge in [0, 0.05) is 4.70 Å². The fraction of sp³-hybridized carbons (Fsp3) is 0.150. The van der Waals surface area contributed by atoms with Crippen molar-refractivity contribution in [3.05, 3.63) is 59.2 Å². The van der Waals surface area contributed by atoms with Crippen LogP contribution in [0.4, 0.5) is 15.8 Å². The van der Waals surface area contributed by atoms with E-state index in [1.807, 2.05) is 0 Å². The number of carbonyl (C=O) groups excluding carboxylic acids is 3. The molecule has 8 heteroatoms. The summed E-state index contributed by atoms with van der Waals surface area (Å²) in [5.74, 6) is -1.88. The standard InChI is InChI=1S/C20H15FN2O4S/c1-11(19(25)23-10-18(24)22-14-4-2-3-5-15(14)23)27-20(26)17-9-12-8-13(21)6-7-16(12)28-17/h2-9,11H,10H2,1H3,(H,22,24)/t11-/m0/s1. The van der Waals surface area contributed by atoms with Gasteiger partial charge in [0.05, 0.1) is 11.4 Å². The van der Waals surface area contributed by atoms with Crippen LogP contribution < -0.4 is 10.2 Å². The largest absolute Gasteiger partial charge is 0.448 e. The Balaban J connectivity index is 1.52. The molecule has 0 fully saturated rings. The van der Waals surface area contributed by atoms with Crippen LogP contribution in [0.1, 0.15) is 16.6 Å². The monoisotopic (exact) mass is 398 g/mol. The van der Waals surface area contributed by atoms with Crippen LogP contribution in [0.3, 0.4) is 0 Å². The van der Waals surface area contributed by atoms with E-state index in [0.29, 0.717) is 16.8 Å². The summed E-state index contributed by atoms with van der Waals surface area (Å²) in [6.07, 6.45) is -1.09. The van der Waals surface area contributed by atoms with Crippen molar-refractivity contribution in [1.82, 2.24) is 0 Å². The summed E-state index contributed by atoms with van der Waals surface area (Å²) >= 11 is 1.16. The summed E-state index contributed by atoms with van der Waals surface area (Å²) in [6.45, 7) is 1.31. The van der Waals surface area contributed by atoms with Gasteiger partial charge >= 0.3 is 5.97 Å². The minimum Gasteiger partial charge on any atom is -0.448 e. The molecule has 1 N–H and O–H groups in total. The van der Waals surface area contributed by atoms with Gasteiger partial charge in [0.2, 0.25) is 5.91 Å². The predicted molar refractivity (Wildman–Crippen MR) is 104 cm³/mol. The van der Waals surface area contributed by atoms with E-state index in [2.05, 4.69) is 5.32 Å². The second-order valence-corrected chi connectivity index (χ2v) is 7.41. The number of amides is 2. The Morgan fingerprint density at radius 2 is 2.00 bits per heavy atom. The van der Waals surface area contributed by atoms with Gasteiger partial charge in [-0.25, -0.2) is 9.18 Å². The molecule has 0 bridgehead atoms. The number of nitrogens with zero attached hydrogens (tertiary/aromatic N) is 1. The van der Waals surface area contributed by atoms with Gasteiger partial charge in [0.15, 0.2) is 6.10 Å². The molecule has 0 unspecified atom stereocenters. The molecule has 28 heavy (non-hydrogen) atoms. The molecular weight excluding hydrogens is 383 g/mol. The summed E-state index contributed by atoms with van der Waals surface area (Å²) in [5.41, 5.74) is 1.07. The van der Waals surface area contributed by atoms with E-state index >= 15 is 0 Å². The van der Waals surface area contributed by atoms with E-state index in [0.717, 1.165) is 16.0 Å². The predicted octanol–water partition coefficient (Wildman–Crippen LogP) is 3.57. The van der Waals surface area contributed by atoms with Gasteiger partial charge in [0.1, 0.15) is 17.2 Å². The van der Waals surface area contributed by atoms with Crippen LogP contribution >= 0.6 is 11.3 Å². The van der Waals surface area contributed by atoms with Gasteiger partial charge < -0.3 is 10.1 Å². The fourth-order valence-corrected chi connectivity index (χ4v) is 3.96. The fourth-order valence-electron chi connectivity index (χ4n) is 3.03. The molecule has 1 aliphatic rings. The van der Waals surface area contributed by atoms with Gasteiger partial charge in [-0.3, -0.25) is 14.5 Å². The van der Waals surface area contributed by atoms with E-state index in [1.165, 1.54) is 30.0 Å². The molecule has 3 aromatic rings. The van der Waals surface area contributed by atoms with E-state index in [-0.39, 0.29) is 17.3 Å². The quantitative estimate of drug-likeness (QED) is 0.685. The first-order chi connectivity index (χ1) is 13.4. The summed E-state index contributed by atoms with van der Waals surface area (Å²) in [4.78, 5) is 38.7. The van der Waals surface area contributed by atoms with Crippen molar-refractivity contribution >= 4 is 50.6 Å². The first-order valence-electron chi connectivity index (χ1n) is 8.53. The second kappa shape index (κ2) is 7.05. The average molecular weight is 398 g/mol. The van der Waals surface area contributed by atoms with Crippen LogP contribution in [0.25, 0.3) is 10.1 Å². The van der Waals surface area contributed by atoms with Gasteiger partial charge in [-0.1, -0.05) is 12.1 Å². The van der Waals surface area contributed by atoms with Crippen LogP contribution in [0.5, 0.6) is 0 Å². The number of nitrogens with one attached hydrogen (secondary N) is 1. The van der Waals surface area contributed by atoms with E-state index in [9.17, 15) is 18.8 Å². The zero-order valence-corrected chi connectivity index (χ0v) is 15.6. The van der Waals surface area contributed by atoms with Crippen LogP contribution in [-0.4, -0.2) is 30.4 Å². The Labute approximate surface area is 163 Å². The second-order valence-electron chi connectivity index (χ2n) is 6.33. The minimum absolute atomic E-state index is 0.153. The van der Waals surface area contributed by atoms with Crippen molar-refractivity contribution in [2.75, 3.05) is 16.8 Å². The van der Waals surface area contributed by atoms with Crippen LogP contribution in [0, 0.1) is 5.82 Å². The first kappa shape index (κ1) is 18.1. The number of thiophene rings is 1. The maximum absolute atomic E-state index is 13.3. The number of hydrogen-bond donors (Lipinski definition) is 1. The van der Waals surface area contributed by atoms with Crippen molar-refractivity contribution in [2.24, 2.45) is 0 Å². The third-order valence-corrected chi connectivity index (χ3v) is 5.44. The van der Waals surface area contributed by atoms with Crippen LogP contribution in [0.2, 0.25) is 0 Å². The van der Waals surface area contributed by atoms with Crippen molar-refractivity contribution in [1.29, 1.82) is 0 Å². The van der Waals surface area contributed by atoms with E-state index < -0.39 is 23.8 Å². The first-order valence-corrected chi connectivity index (χ1v) is 9.34. The van der Waals surface area contributed by atoms with E-state index in [4.69, 9.17) is 4.74 Å². The molecule has 0 aliphatic carbocycles. The van der Waals surface area contributed by atoms with Crippen LogP contribution in [0.15, 0.2) is 48.5 Å². The summed E-state index contributed by atoms with van der Waals surface area (Å²) in [6, 6.07) is 12.7. The molecule has 0 radical (unpaired) electrons. The zero-order chi connectivity index (χ0) is 19.8. The number of hydrogen-bond acceptors (Lipinski definition) is 5. The normalized spacial score (nSPS) is 14.4.